The van der Waals surface area contributed by atoms with E-state index >= 15 is 0 Å². The average molecular weight is 303 g/mol. The summed E-state index contributed by atoms with van der Waals surface area (Å²) in [6.07, 6.45) is 0.749. The molecule has 1 aromatic heterocycles. The number of aromatic nitrogens is 2. The summed E-state index contributed by atoms with van der Waals surface area (Å²) in [6.45, 7) is 1.11. The molecule has 0 unspecified atom stereocenters. The molecule has 22 heavy (non-hydrogen) atoms. The standard InChI is InChI=1S/C16H18FN3O2/c1-19-15(12-6-8-20(9-7-12)16(21)22)10-14(18-19)11-2-4-13(17)5-3-11/h2-5,10,12H,6-9H2,1H3,(H,21,22). The second-order valence-electron chi connectivity index (χ2n) is 5.63. The van der Waals surface area contributed by atoms with E-state index < -0.39 is 6.09 Å². The third-order valence-corrected chi connectivity index (χ3v) is 4.24. The Balaban J connectivity index is 1.78. The number of piperidine rings is 1. The van der Waals surface area contributed by atoms with Gasteiger partial charge in [-0.3, -0.25) is 4.68 Å². The Morgan fingerprint density at radius 2 is 1.91 bits per heavy atom. The first-order valence-corrected chi connectivity index (χ1v) is 7.32. The summed E-state index contributed by atoms with van der Waals surface area (Å²) in [7, 11) is 1.89. The Labute approximate surface area is 128 Å². The van der Waals surface area contributed by atoms with E-state index in [1.165, 1.54) is 17.0 Å². The van der Waals surface area contributed by atoms with Crippen LogP contribution < -0.4 is 0 Å². The highest BCUT2D eigenvalue weighted by Crippen LogP contribution is 2.30. The van der Waals surface area contributed by atoms with E-state index in [1.807, 2.05) is 17.8 Å². The van der Waals surface area contributed by atoms with E-state index in [0.717, 1.165) is 29.8 Å². The van der Waals surface area contributed by atoms with Crippen LogP contribution in [0.2, 0.25) is 0 Å². The summed E-state index contributed by atoms with van der Waals surface area (Å²) < 4.78 is 14.8. The molecule has 0 spiro atoms. The predicted octanol–water partition coefficient (Wildman–Crippen LogP) is 3.08. The van der Waals surface area contributed by atoms with Gasteiger partial charge in [0.25, 0.3) is 0 Å². The molecule has 1 aliphatic rings. The van der Waals surface area contributed by atoms with E-state index in [4.69, 9.17) is 5.11 Å². The Morgan fingerprint density at radius 3 is 2.50 bits per heavy atom. The number of rotatable bonds is 2. The molecule has 1 aliphatic heterocycles. The average Bonchev–Trinajstić information content (AvgIpc) is 2.90. The zero-order chi connectivity index (χ0) is 15.7. The van der Waals surface area contributed by atoms with Crippen molar-refractivity contribution in [3.8, 4) is 11.3 Å². The first kappa shape index (κ1) is 14.6. The van der Waals surface area contributed by atoms with Gasteiger partial charge in [-0.1, -0.05) is 0 Å². The summed E-state index contributed by atoms with van der Waals surface area (Å²) in [4.78, 5) is 12.4. The fourth-order valence-electron chi connectivity index (χ4n) is 2.99. The zero-order valence-electron chi connectivity index (χ0n) is 12.4. The van der Waals surface area contributed by atoms with Crippen LogP contribution in [0.15, 0.2) is 30.3 Å². The Morgan fingerprint density at radius 1 is 1.27 bits per heavy atom. The van der Waals surface area contributed by atoms with Crippen LogP contribution in [0.4, 0.5) is 9.18 Å². The molecule has 5 nitrogen and oxygen atoms in total. The van der Waals surface area contributed by atoms with E-state index in [1.54, 1.807) is 12.1 Å². The first-order valence-electron chi connectivity index (χ1n) is 7.32. The van der Waals surface area contributed by atoms with Crippen molar-refractivity contribution in [1.29, 1.82) is 0 Å². The number of carboxylic acid groups (broad SMARTS) is 1. The van der Waals surface area contributed by atoms with Gasteiger partial charge >= 0.3 is 6.09 Å². The number of carbonyl (C=O) groups is 1. The van der Waals surface area contributed by atoms with E-state index in [9.17, 15) is 9.18 Å². The Kier molecular flexibility index (Phi) is 3.83. The maximum absolute atomic E-state index is 13.0. The van der Waals surface area contributed by atoms with Gasteiger partial charge in [0.1, 0.15) is 5.82 Å². The second kappa shape index (κ2) is 5.79. The number of hydrogen-bond acceptors (Lipinski definition) is 2. The topological polar surface area (TPSA) is 58.4 Å². The van der Waals surface area contributed by atoms with Crippen molar-refractivity contribution in [1.82, 2.24) is 14.7 Å². The van der Waals surface area contributed by atoms with Crippen LogP contribution in [-0.2, 0) is 7.05 Å². The highest BCUT2D eigenvalue weighted by molar-refractivity contribution is 5.65. The molecule has 0 saturated carbocycles. The highest BCUT2D eigenvalue weighted by Gasteiger charge is 2.25. The number of hydrogen-bond donors (Lipinski definition) is 1. The number of aryl methyl sites for hydroxylation is 1. The van der Waals surface area contributed by atoms with Crippen molar-refractivity contribution >= 4 is 6.09 Å². The van der Waals surface area contributed by atoms with Gasteiger partial charge in [-0.2, -0.15) is 5.10 Å². The third kappa shape index (κ3) is 2.81. The highest BCUT2D eigenvalue weighted by atomic mass is 19.1. The monoisotopic (exact) mass is 303 g/mol. The Hall–Kier alpha value is -2.37. The van der Waals surface area contributed by atoms with Gasteiger partial charge in [0, 0.05) is 37.3 Å². The molecule has 116 valence electrons. The van der Waals surface area contributed by atoms with Crippen molar-refractivity contribution in [2.75, 3.05) is 13.1 Å². The molecule has 1 amide bonds. The van der Waals surface area contributed by atoms with Gasteiger partial charge in [0.2, 0.25) is 0 Å². The summed E-state index contributed by atoms with van der Waals surface area (Å²) in [6, 6.07) is 8.31. The molecule has 1 aromatic carbocycles. The first-order chi connectivity index (χ1) is 10.5. The fourth-order valence-corrected chi connectivity index (χ4v) is 2.99. The van der Waals surface area contributed by atoms with Gasteiger partial charge in [-0.05, 0) is 43.2 Å². The van der Waals surface area contributed by atoms with Crippen molar-refractivity contribution in [2.24, 2.45) is 7.05 Å². The van der Waals surface area contributed by atoms with Gasteiger partial charge < -0.3 is 10.0 Å². The van der Waals surface area contributed by atoms with Gasteiger partial charge in [0.05, 0.1) is 5.69 Å². The SMILES string of the molecule is Cn1nc(-c2ccc(F)cc2)cc1C1CCN(C(=O)O)CC1. The van der Waals surface area contributed by atoms with Crippen molar-refractivity contribution in [3.05, 3.63) is 41.8 Å². The van der Waals surface area contributed by atoms with E-state index in [-0.39, 0.29) is 5.82 Å². The van der Waals surface area contributed by atoms with Crippen LogP contribution in [0.25, 0.3) is 11.3 Å². The summed E-state index contributed by atoms with van der Waals surface area (Å²) >= 11 is 0. The molecule has 0 atom stereocenters. The van der Waals surface area contributed by atoms with Crippen LogP contribution >= 0.6 is 0 Å². The molecule has 0 aliphatic carbocycles. The maximum atomic E-state index is 13.0. The lowest BCUT2D eigenvalue weighted by Gasteiger charge is -2.29. The molecule has 1 fully saturated rings. The van der Waals surface area contributed by atoms with E-state index in [0.29, 0.717) is 19.0 Å². The molecular formula is C16H18FN3O2. The van der Waals surface area contributed by atoms with Crippen LogP contribution in [-0.4, -0.2) is 39.0 Å². The second-order valence-corrected chi connectivity index (χ2v) is 5.63. The smallest absolute Gasteiger partial charge is 0.407 e. The molecule has 1 saturated heterocycles. The number of benzene rings is 1. The van der Waals surface area contributed by atoms with Gasteiger partial charge in [0.15, 0.2) is 0 Å². The lowest BCUT2D eigenvalue weighted by Crippen LogP contribution is -2.37. The molecule has 0 bridgehead atoms. The number of halogens is 1. The third-order valence-electron chi connectivity index (χ3n) is 4.24. The minimum atomic E-state index is -0.851. The number of nitrogens with zero attached hydrogens (tertiary/aromatic N) is 3. The lowest BCUT2D eigenvalue weighted by molar-refractivity contribution is 0.131. The van der Waals surface area contributed by atoms with Crippen molar-refractivity contribution in [3.63, 3.8) is 0 Å². The fraction of sp³-hybridized carbons (Fsp3) is 0.375. The van der Waals surface area contributed by atoms with Gasteiger partial charge in [-0.25, -0.2) is 9.18 Å². The molecule has 3 rings (SSSR count). The van der Waals surface area contributed by atoms with Crippen LogP contribution in [0.3, 0.4) is 0 Å². The normalized spacial score (nSPS) is 16.0. The number of likely N-dealkylation sites (tertiary alicyclic amines) is 1. The Bertz CT molecular complexity index is 673. The van der Waals surface area contributed by atoms with Crippen LogP contribution in [0, 0.1) is 5.82 Å². The molecule has 1 N–H and O–H groups in total. The quantitative estimate of drug-likeness (QED) is 0.927. The van der Waals surface area contributed by atoms with Crippen molar-refractivity contribution < 1.29 is 14.3 Å². The largest absolute Gasteiger partial charge is 0.465 e. The van der Waals surface area contributed by atoms with Crippen LogP contribution in [0.5, 0.6) is 0 Å². The van der Waals surface area contributed by atoms with E-state index in [2.05, 4.69) is 5.10 Å². The molecular weight excluding hydrogens is 285 g/mol. The summed E-state index contributed by atoms with van der Waals surface area (Å²) in [5.41, 5.74) is 2.80. The predicted molar refractivity (Wildman–Crippen MR) is 80.2 cm³/mol. The molecule has 0 radical (unpaired) electrons. The summed E-state index contributed by atoms with van der Waals surface area (Å²) in [5, 5.41) is 13.5. The lowest BCUT2D eigenvalue weighted by atomic mass is 9.93. The van der Waals surface area contributed by atoms with Gasteiger partial charge in [-0.15, -0.1) is 0 Å². The number of amides is 1. The maximum Gasteiger partial charge on any atom is 0.407 e. The zero-order valence-corrected chi connectivity index (χ0v) is 12.4. The molecule has 2 aromatic rings. The minimum absolute atomic E-state index is 0.263. The summed E-state index contributed by atoms with van der Waals surface area (Å²) in [5.74, 6) is 0.0447. The molecule has 2 heterocycles. The van der Waals surface area contributed by atoms with Crippen LogP contribution in [0.1, 0.15) is 24.5 Å². The molecule has 6 heteroatoms. The minimum Gasteiger partial charge on any atom is -0.465 e. The van der Waals surface area contributed by atoms with Crippen molar-refractivity contribution in [2.45, 2.75) is 18.8 Å².